The quantitative estimate of drug-likeness (QED) is 0.345. The molecule has 0 heterocycles. The minimum Gasteiger partial charge on any atom is -0.492 e. The van der Waals surface area contributed by atoms with Gasteiger partial charge in [-0.05, 0) is 47.5 Å². The van der Waals surface area contributed by atoms with Gasteiger partial charge in [-0.15, -0.1) is 0 Å². The number of hydrogen-bond acceptors (Lipinski definition) is 4. The second-order valence-corrected chi connectivity index (χ2v) is 7.47. The van der Waals surface area contributed by atoms with E-state index in [4.69, 9.17) is 9.47 Å². The third kappa shape index (κ3) is 8.35. The fraction of sp³-hybridized carbons (Fsp3) is 0.200. The van der Waals surface area contributed by atoms with Gasteiger partial charge in [0.2, 0.25) is 0 Å². The Kier molecular flexibility index (Phi) is 9.08. The first-order chi connectivity index (χ1) is 16.8. The molecule has 0 aliphatic carbocycles. The van der Waals surface area contributed by atoms with Crippen LogP contribution in [0, 0.1) is 17.5 Å². The predicted octanol–water partition coefficient (Wildman–Crippen LogP) is 4.52. The summed E-state index contributed by atoms with van der Waals surface area (Å²) in [4.78, 5) is 23.3. The Labute approximate surface area is 199 Å². The van der Waals surface area contributed by atoms with Crippen molar-refractivity contribution in [3.05, 3.63) is 95.3 Å². The minimum absolute atomic E-state index is 0.0345. The Hall–Kier alpha value is -4.05. The van der Waals surface area contributed by atoms with E-state index in [-0.39, 0.29) is 37.7 Å². The number of carbonyl (C=O) groups excluding carboxylic acids is 1. The van der Waals surface area contributed by atoms with Crippen molar-refractivity contribution < 1.29 is 37.3 Å². The number of rotatable bonds is 11. The first-order valence-electron chi connectivity index (χ1n) is 10.6. The summed E-state index contributed by atoms with van der Waals surface area (Å²) in [5.41, 5.74) is 1.22. The summed E-state index contributed by atoms with van der Waals surface area (Å²) in [6.45, 7) is 0.277. The van der Waals surface area contributed by atoms with Gasteiger partial charge in [0.25, 0.3) is 0 Å². The molecule has 7 nitrogen and oxygen atoms in total. The molecule has 2 amide bonds. The molecule has 3 aromatic rings. The summed E-state index contributed by atoms with van der Waals surface area (Å²) in [5.74, 6) is -2.63. The first-order valence-corrected chi connectivity index (χ1v) is 10.6. The maximum absolute atomic E-state index is 13.6. The Balaban J connectivity index is 1.41. The maximum atomic E-state index is 13.6. The van der Waals surface area contributed by atoms with E-state index in [1.807, 2.05) is 0 Å². The molecule has 0 spiro atoms. The van der Waals surface area contributed by atoms with Crippen LogP contribution < -0.4 is 15.4 Å². The van der Waals surface area contributed by atoms with Gasteiger partial charge in [0, 0.05) is 12.5 Å². The molecule has 0 bridgehead atoms. The van der Waals surface area contributed by atoms with Crippen LogP contribution in [0.2, 0.25) is 0 Å². The highest BCUT2D eigenvalue weighted by molar-refractivity contribution is 5.89. The van der Waals surface area contributed by atoms with Crippen LogP contribution in [0.4, 0.5) is 23.7 Å². The van der Waals surface area contributed by atoms with Gasteiger partial charge in [0.15, 0.2) is 6.10 Å². The molecule has 0 aromatic heterocycles. The zero-order valence-electron chi connectivity index (χ0n) is 18.5. The standard InChI is InChI=1S/C25H23F3N2O5/c26-18-5-1-17(2-6-18)15-35-23(24(31)32)13-16-3-8-20(9-4-16)34-12-11-29-25(33)30-22-10-7-19(27)14-21(22)28/h1-10,14,23H,11-13,15H2,(H,31,32)(H2,29,30,33). The Bertz CT molecular complexity index is 1140. The average molecular weight is 488 g/mol. The van der Waals surface area contributed by atoms with E-state index in [1.165, 1.54) is 24.3 Å². The van der Waals surface area contributed by atoms with Gasteiger partial charge < -0.3 is 25.2 Å². The van der Waals surface area contributed by atoms with Gasteiger partial charge in [-0.3, -0.25) is 0 Å². The number of carboxylic acid groups (broad SMARTS) is 1. The topological polar surface area (TPSA) is 96.9 Å². The van der Waals surface area contributed by atoms with Gasteiger partial charge in [-0.1, -0.05) is 24.3 Å². The molecule has 10 heteroatoms. The van der Waals surface area contributed by atoms with Gasteiger partial charge >= 0.3 is 12.0 Å². The first kappa shape index (κ1) is 25.6. The van der Waals surface area contributed by atoms with Gasteiger partial charge in [-0.25, -0.2) is 22.8 Å². The lowest BCUT2D eigenvalue weighted by molar-refractivity contribution is -0.151. The third-order valence-electron chi connectivity index (χ3n) is 4.82. The normalized spacial score (nSPS) is 11.5. The second kappa shape index (κ2) is 12.4. The number of carbonyl (C=O) groups is 2. The van der Waals surface area contributed by atoms with E-state index >= 15 is 0 Å². The number of anilines is 1. The van der Waals surface area contributed by atoms with E-state index in [0.29, 0.717) is 22.9 Å². The van der Waals surface area contributed by atoms with E-state index in [0.717, 1.165) is 12.1 Å². The molecule has 0 saturated carbocycles. The summed E-state index contributed by atoms with van der Waals surface area (Å²) in [5, 5.41) is 14.2. The second-order valence-electron chi connectivity index (χ2n) is 7.47. The number of amides is 2. The smallest absolute Gasteiger partial charge is 0.333 e. The van der Waals surface area contributed by atoms with Crippen molar-refractivity contribution in [1.82, 2.24) is 5.32 Å². The van der Waals surface area contributed by atoms with E-state index in [9.17, 15) is 27.9 Å². The predicted molar refractivity (Wildman–Crippen MR) is 122 cm³/mol. The molecule has 1 unspecified atom stereocenters. The molecule has 0 aliphatic heterocycles. The highest BCUT2D eigenvalue weighted by Gasteiger charge is 2.19. The summed E-state index contributed by atoms with van der Waals surface area (Å²) in [6.07, 6.45) is -0.959. The molecule has 0 fully saturated rings. The molecule has 0 aliphatic rings. The fourth-order valence-corrected chi connectivity index (χ4v) is 3.02. The summed E-state index contributed by atoms with van der Waals surface area (Å²) >= 11 is 0. The number of urea groups is 1. The van der Waals surface area contributed by atoms with Gasteiger partial charge in [0.1, 0.15) is 29.8 Å². The van der Waals surface area contributed by atoms with Crippen LogP contribution >= 0.6 is 0 Å². The average Bonchev–Trinajstić information content (AvgIpc) is 2.83. The third-order valence-corrected chi connectivity index (χ3v) is 4.82. The molecule has 3 N–H and O–H groups in total. The Morgan fingerprint density at radius 3 is 2.20 bits per heavy atom. The van der Waals surface area contributed by atoms with Crippen LogP contribution in [0.5, 0.6) is 5.75 Å². The highest BCUT2D eigenvalue weighted by Crippen LogP contribution is 2.16. The van der Waals surface area contributed by atoms with Crippen molar-refractivity contribution in [2.75, 3.05) is 18.5 Å². The Morgan fingerprint density at radius 1 is 0.886 bits per heavy atom. The lowest BCUT2D eigenvalue weighted by atomic mass is 10.1. The van der Waals surface area contributed by atoms with Crippen molar-refractivity contribution >= 4 is 17.7 Å². The van der Waals surface area contributed by atoms with Crippen molar-refractivity contribution in [3.63, 3.8) is 0 Å². The molecular weight excluding hydrogens is 465 g/mol. The molecule has 0 radical (unpaired) electrons. The number of carboxylic acids is 1. The minimum atomic E-state index is -1.11. The largest absolute Gasteiger partial charge is 0.492 e. The molecule has 35 heavy (non-hydrogen) atoms. The van der Waals surface area contributed by atoms with Crippen LogP contribution in [-0.4, -0.2) is 36.4 Å². The van der Waals surface area contributed by atoms with Crippen molar-refractivity contribution in [1.29, 1.82) is 0 Å². The summed E-state index contributed by atoms with van der Waals surface area (Å²) < 4.78 is 50.4. The number of hydrogen-bond donors (Lipinski definition) is 3. The zero-order valence-corrected chi connectivity index (χ0v) is 18.5. The van der Waals surface area contributed by atoms with Crippen molar-refractivity contribution in [3.8, 4) is 5.75 Å². The number of nitrogens with one attached hydrogen (secondary N) is 2. The number of benzene rings is 3. The molecule has 3 rings (SSSR count). The molecule has 184 valence electrons. The van der Waals surface area contributed by atoms with Gasteiger partial charge in [0.05, 0.1) is 18.8 Å². The lowest BCUT2D eigenvalue weighted by Crippen LogP contribution is -2.32. The van der Waals surface area contributed by atoms with Crippen molar-refractivity contribution in [2.24, 2.45) is 0 Å². The van der Waals surface area contributed by atoms with Crippen LogP contribution in [0.3, 0.4) is 0 Å². The lowest BCUT2D eigenvalue weighted by Gasteiger charge is -2.14. The fourth-order valence-electron chi connectivity index (χ4n) is 3.02. The number of halogens is 3. The molecular formula is C25H23F3N2O5. The van der Waals surface area contributed by atoms with Crippen molar-refractivity contribution in [2.45, 2.75) is 19.1 Å². The molecule has 0 saturated heterocycles. The SMILES string of the molecule is O=C(NCCOc1ccc(CC(OCc2ccc(F)cc2)C(=O)O)cc1)Nc1ccc(F)cc1F. The monoisotopic (exact) mass is 488 g/mol. The van der Waals surface area contributed by atoms with E-state index < -0.39 is 29.7 Å². The highest BCUT2D eigenvalue weighted by atomic mass is 19.1. The number of aliphatic carboxylic acids is 1. The summed E-state index contributed by atoms with van der Waals surface area (Å²) in [6, 6.07) is 14.5. The Morgan fingerprint density at radius 2 is 1.54 bits per heavy atom. The van der Waals surface area contributed by atoms with Gasteiger partial charge in [-0.2, -0.15) is 0 Å². The maximum Gasteiger partial charge on any atom is 0.333 e. The summed E-state index contributed by atoms with van der Waals surface area (Å²) in [7, 11) is 0. The van der Waals surface area contributed by atoms with E-state index in [1.54, 1.807) is 24.3 Å². The van der Waals surface area contributed by atoms with Crippen LogP contribution in [0.15, 0.2) is 66.7 Å². The number of ether oxygens (including phenoxy) is 2. The molecule has 1 atom stereocenters. The van der Waals surface area contributed by atoms with Crippen LogP contribution in [0.1, 0.15) is 11.1 Å². The van der Waals surface area contributed by atoms with E-state index in [2.05, 4.69) is 10.6 Å². The van der Waals surface area contributed by atoms with Crippen LogP contribution in [0.25, 0.3) is 0 Å². The van der Waals surface area contributed by atoms with Crippen LogP contribution in [-0.2, 0) is 22.6 Å². The zero-order chi connectivity index (χ0) is 25.2. The molecule has 3 aromatic carbocycles.